The lowest BCUT2D eigenvalue weighted by molar-refractivity contribution is -0.921. The van der Waals surface area contributed by atoms with E-state index in [9.17, 15) is 32.8 Å². The predicted octanol–water partition coefficient (Wildman–Crippen LogP) is 2.97. The van der Waals surface area contributed by atoms with E-state index >= 15 is 0 Å². The van der Waals surface area contributed by atoms with E-state index in [1.165, 1.54) is 92.0 Å². The van der Waals surface area contributed by atoms with Crippen molar-refractivity contribution < 1.29 is 46.2 Å². The smallest absolute Gasteiger partial charge is 0.124 e. The molecule has 0 aliphatic rings. The zero-order valence-corrected chi connectivity index (χ0v) is 30.1. The van der Waals surface area contributed by atoms with Gasteiger partial charge in [-0.2, -0.15) is 0 Å². The van der Waals surface area contributed by atoms with Crippen LogP contribution in [0.25, 0.3) is 0 Å². The Labute approximate surface area is 263 Å². The molecular weight excluding hydrogens is 570 g/mol. The molecule has 1 aromatic carbocycles. The lowest BCUT2D eigenvalue weighted by Gasteiger charge is -2.34. The Balaban J connectivity index is -0.000000519. The summed E-state index contributed by atoms with van der Waals surface area (Å²) in [6.45, 7) is 42.7. The fraction of sp³-hybridized carbons (Fsp3) is 0.750. The molecule has 254 valence electrons. The van der Waals surface area contributed by atoms with Crippen molar-refractivity contribution in [2.24, 2.45) is 0 Å². The molecule has 1 aromatic rings. The first kappa shape index (κ1) is 45.4. The monoisotopic (exact) mass is 633 g/mol. The normalized spacial score (nSPS) is 11.7. The summed E-state index contributed by atoms with van der Waals surface area (Å²) >= 11 is 0. The summed E-state index contributed by atoms with van der Waals surface area (Å²) in [4.78, 5) is 19.9. The lowest BCUT2D eigenvalue weighted by Crippen LogP contribution is -2.47. The number of carbonyl (C=O) groups is 2. The summed E-state index contributed by atoms with van der Waals surface area (Å²) in [6, 6.07) is 1.67. The van der Waals surface area contributed by atoms with Crippen molar-refractivity contribution in [1.29, 1.82) is 0 Å². The zero-order valence-electron chi connectivity index (χ0n) is 29.3. The van der Waals surface area contributed by atoms with Gasteiger partial charge in [0.25, 0.3) is 0 Å². The number of carboxylic acids is 2. The maximum atomic E-state index is 10.6. The van der Waals surface area contributed by atoms with Crippen LogP contribution in [0.3, 0.4) is 0 Å². The second-order valence-corrected chi connectivity index (χ2v) is 12.0. The summed E-state index contributed by atoms with van der Waals surface area (Å²) in [7, 11) is -4.95. The first-order valence-electron chi connectivity index (χ1n) is 16.0. The van der Waals surface area contributed by atoms with Gasteiger partial charge >= 0.3 is 0 Å². The minimum Gasteiger partial charge on any atom is -0.744 e. The van der Waals surface area contributed by atoms with Crippen LogP contribution in [0.5, 0.6) is 0 Å². The summed E-state index contributed by atoms with van der Waals surface area (Å²) in [5, 5.41) is 20.9. The van der Waals surface area contributed by atoms with Crippen LogP contribution < -0.4 is 10.2 Å². The highest BCUT2D eigenvalue weighted by molar-refractivity contribution is 7.85. The van der Waals surface area contributed by atoms with Crippen molar-refractivity contribution >= 4 is 22.1 Å². The van der Waals surface area contributed by atoms with Gasteiger partial charge in [-0.3, -0.25) is 0 Å². The van der Waals surface area contributed by atoms with E-state index in [0.29, 0.717) is 18.2 Å². The number of benzene rings is 1. The minimum absolute atomic E-state index is 0.518. The van der Waals surface area contributed by atoms with Crippen LogP contribution in [-0.4, -0.2) is 117 Å². The van der Waals surface area contributed by atoms with Crippen LogP contribution in [0, 0.1) is 0 Å². The van der Waals surface area contributed by atoms with E-state index in [2.05, 4.69) is 83.1 Å². The highest BCUT2D eigenvalue weighted by Crippen LogP contribution is 2.14. The standard InChI is InChI=1S/3C8H20N.C8H6O7S/c3*1-5-9(6-2,7-3)8-4;9-7(10)4-1-5(8(11)12)3-6(2-4)16(13,14)15/h3*5-8H2,1-4H3;1-3H,(H,9,10)(H,11,12)(H,13,14,15)/q3*+1;/p-3. The summed E-state index contributed by atoms with van der Waals surface area (Å²) in [6.07, 6.45) is 0. The molecule has 10 nitrogen and oxygen atoms in total. The molecule has 0 N–H and O–H groups in total. The third-order valence-electron chi connectivity index (χ3n) is 9.72. The quantitative estimate of drug-likeness (QED) is 0.214. The Bertz CT molecular complexity index is 885. The first-order chi connectivity index (χ1) is 19.9. The fourth-order valence-corrected chi connectivity index (χ4v) is 5.55. The molecule has 11 heteroatoms. The van der Waals surface area contributed by atoms with Gasteiger partial charge in [0.15, 0.2) is 0 Å². The minimum atomic E-state index is -4.95. The van der Waals surface area contributed by atoms with Crippen LogP contribution in [0.4, 0.5) is 0 Å². The number of nitrogens with zero attached hydrogens (tertiary/aromatic N) is 3. The van der Waals surface area contributed by atoms with Crippen LogP contribution in [0.1, 0.15) is 104 Å². The van der Waals surface area contributed by atoms with Gasteiger partial charge in [-0.1, -0.05) is 0 Å². The van der Waals surface area contributed by atoms with E-state index in [1.54, 1.807) is 0 Å². The van der Waals surface area contributed by atoms with E-state index in [1.807, 2.05) is 0 Å². The number of carbonyl (C=O) groups excluding carboxylic acids is 2. The number of hydrogen-bond acceptors (Lipinski definition) is 7. The number of aromatic carboxylic acids is 2. The number of rotatable bonds is 15. The van der Waals surface area contributed by atoms with Crippen molar-refractivity contribution in [3.05, 3.63) is 29.3 Å². The molecule has 0 amide bonds. The molecule has 43 heavy (non-hydrogen) atoms. The topological polar surface area (TPSA) is 137 Å². The van der Waals surface area contributed by atoms with Crippen LogP contribution in [-0.2, 0) is 10.1 Å². The molecule has 0 atom stereocenters. The van der Waals surface area contributed by atoms with Gasteiger partial charge in [-0.25, -0.2) is 8.42 Å². The van der Waals surface area contributed by atoms with E-state index in [4.69, 9.17) is 0 Å². The van der Waals surface area contributed by atoms with Gasteiger partial charge in [0.05, 0.1) is 95.4 Å². The summed E-state index contributed by atoms with van der Waals surface area (Å²) in [5.74, 6) is -3.60. The molecule has 0 saturated carbocycles. The average molecular weight is 634 g/mol. The zero-order chi connectivity index (χ0) is 34.5. The largest absolute Gasteiger partial charge is 0.744 e. The molecule has 0 aliphatic carbocycles. The highest BCUT2D eigenvalue weighted by atomic mass is 32.2. The maximum Gasteiger partial charge on any atom is 0.124 e. The maximum absolute atomic E-state index is 10.6. The van der Waals surface area contributed by atoms with Crippen molar-refractivity contribution in [1.82, 2.24) is 0 Å². The second kappa shape index (κ2) is 22.5. The third-order valence-corrected chi connectivity index (χ3v) is 10.5. The van der Waals surface area contributed by atoms with Crippen molar-refractivity contribution in [3.8, 4) is 0 Å². The molecule has 0 heterocycles. The Kier molecular flexibility index (Phi) is 23.7. The molecular formula is C32H63N3O7S. The van der Waals surface area contributed by atoms with Gasteiger partial charge in [0, 0.05) is 0 Å². The van der Waals surface area contributed by atoms with Crippen molar-refractivity contribution in [2.45, 2.75) is 88.0 Å². The second-order valence-electron chi connectivity index (χ2n) is 10.6. The summed E-state index contributed by atoms with van der Waals surface area (Å²) < 4.78 is 35.6. The third kappa shape index (κ3) is 16.0. The van der Waals surface area contributed by atoms with E-state index < -0.39 is 38.1 Å². The van der Waals surface area contributed by atoms with Crippen LogP contribution in [0.15, 0.2) is 23.1 Å². The molecule has 0 saturated heterocycles. The van der Waals surface area contributed by atoms with E-state index in [-0.39, 0.29) is 0 Å². The van der Waals surface area contributed by atoms with Gasteiger partial charge < -0.3 is 37.8 Å². The molecule has 0 aromatic heterocycles. The Hall–Kier alpha value is -2.05. The number of hydrogen-bond donors (Lipinski definition) is 0. The average Bonchev–Trinajstić information content (AvgIpc) is 3.02. The first-order valence-corrected chi connectivity index (χ1v) is 17.4. The van der Waals surface area contributed by atoms with Gasteiger partial charge in [0.1, 0.15) is 10.1 Å². The Morgan fingerprint density at radius 2 is 0.674 bits per heavy atom. The van der Waals surface area contributed by atoms with Gasteiger partial charge in [-0.05, 0) is 112 Å². The fourth-order valence-electron chi connectivity index (χ4n) is 5.00. The lowest BCUT2D eigenvalue weighted by atomic mass is 10.1. The molecule has 0 spiro atoms. The van der Waals surface area contributed by atoms with Crippen molar-refractivity contribution in [3.63, 3.8) is 0 Å². The van der Waals surface area contributed by atoms with Gasteiger partial charge in [-0.15, -0.1) is 0 Å². The van der Waals surface area contributed by atoms with Gasteiger partial charge in [0.2, 0.25) is 0 Å². The number of carboxylic acid groups (broad SMARTS) is 2. The van der Waals surface area contributed by atoms with Crippen molar-refractivity contribution in [2.75, 3.05) is 78.5 Å². The summed E-state index contributed by atoms with van der Waals surface area (Å²) in [5.41, 5.74) is -1.45. The molecule has 0 bridgehead atoms. The molecule has 0 unspecified atom stereocenters. The SMILES string of the molecule is CC[N+](CC)(CC)CC.CC[N+](CC)(CC)CC.CC[N+](CC)(CC)CC.O=C([O-])c1cc(C(=O)[O-])cc(S(=O)(=O)[O-])c1. The Morgan fingerprint density at radius 3 is 0.767 bits per heavy atom. The highest BCUT2D eigenvalue weighted by Gasteiger charge is 2.17. The molecule has 1 rings (SSSR count). The van der Waals surface area contributed by atoms with E-state index in [0.717, 1.165) is 0 Å². The molecule has 0 aliphatic heterocycles. The Morgan fingerprint density at radius 1 is 0.488 bits per heavy atom. The predicted molar refractivity (Wildman–Crippen MR) is 170 cm³/mol. The molecule has 0 radical (unpaired) electrons. The number of quaternary nitrogens is 3. The molecule has 0 fully saturated rings. The van der Waals surface area contributed by atoms with Crippen LogP contribution >= 0.6 is 0 Å². The van der Waals surface area contributed by atoms with Crippen LogP contribution in [0.2, 0.25) is 0 Å².